The summed E-state index contributed by atoms with van der Waals surface area (Å²) in [6, 6.07) is 0. The number of hydrogen-bond donors (Lipinski definition) is 2. The fourth-order valence-corrected chi connectivity index (χ4v) is 2.81. The van der Waals surface area contributed by atoms with Gasteiger partial charge in [-0.25, -0.2) is 0 Å². The maximum Gasteiger partial charge on any atom is 0.302 e. The highest BCUT2D eigenvalue weighted by molar-refractivity contribution is 5.66. The molecule has 6 unspecified atom stereocenters. The third-order valence-corrected chi connectivity index (χ3v) is 5.81. The minimum Gasteiger partial charge on any atom is -0.463 e. The number of hydrogen-bond acceptors (Lipinski definition) is 8. The van der Waals surface area contributed by atoms with Crippen molar-refractivity contribution in [1.82, 2.24) is 0 Å². The van der Waals surface area contributed by atoms with Gasteiger partial charge < -0.3 is 33.9 Å². The minimum atomic E-state index is -0.195. The number of aliphatic hydroxyl groups excluding tert-OH is 2. The molecule has 232 valence electrons. The zero-order chi connectivity index (χ0) is 29.8. The summed E-state index contributed by atoms with van der Waals surface area (Å²) >= 11 is 0. The Morgan fingerprint density at radius 1 is 0.947 bits per heavy atom. The Bertz CT molecular complexity index is 475. The van der Waals surface area contributed by atoms with Crippen molar-refractivity contribution >= 4 is 5.97 Å². The highest BCUT2D eigenvalue weighted by Crippen LogP contribution is 2.23. The predicted octanol–water partition coefficient (Wildman–Crippen LogP) is 6.29. The number of aliphatic hydroxyl groups is 2. The van der Waals surface area contributed by atoms with E-state index < -0.39 is 0 Å². The normalized spacial score (nSPS) is 20.8. The van der Waals surface area contributed by atoms with Gasteiger partial charge in [0.1, 0.15) is 0 Å². The smallest absolute Gasteiger partial charge is 0.302 e. The van der Waals surface area contributed by atoms with Crippen LogP contribution in [0.4, 0.5) is 0 Å². The summed E-state index contributed by atoms with van der Waals surface area (Å²) in [4.78, 5) is 10.2. The van der Waals surface area contributed by atoms with Crippen LogP contribution in [0.5, 0.6) is 0 Å². The predicted molar refractivity (Wildman–Crippen MR) is 155 cm³/mol. The van der Waals surface area contributed by atoms with Gasteiger partial charge in [0, 0.05) is 13.5 Å². The van der Waals surface area contributed by atoms with Crippen LogP contribution in [0.3, 0.4) is 0 Å². The van der Waals surface area contributed by atoms with Crippen molar-refractivity contribution in [3.8, 4) is 0 Å². The van der Waals surface area contributed by atoms with E-state index >= 15 is 0 Å². The molecule has 1 saturated heterocycles. The maximum absolute atomic E-state index is 10.2. The Balaban J connectivity index is -0.000000454. The van der Waals surface area contributed by atoms with Crippen LogP contribution >= 0.6 is 0 Å². The summed E-state index contributed by atoms with van der Waals surface area (Å²) in [5.74, 6) is 0.433. The number of carbonyl (C=O) groups is 1. The average Bonchev–Trinajstić information content (AvgIpc) is 2.89. The van der Waals surface area contributed by atoms with Crippen LogP contribution in [0.15, 0.2) is 0 Å². The van der Waals surface area contributed by atoms with Gasteiger partial charge in [-0.15, -0.1) is 0 Å². The molecule has 0 radical (unpaired) electrons. The van der Waals surface area contributed by atoms with Gasteiger partial charge in [0.25, 0.3) is 0 Å². The van der Waals surface area contributed by atoms with Gasteiger partial charge >= 0.3 is 5.97 Å². The molecular weight excluding hydrogens is 488 g/mol. The van der Waals surface area contributed by atoms with Crippen molar-refractivity contribution in [3.05, 3.63) is 0 Å². The molecule has 1 heterocycles. The second-order valence-corrected chi connectivity index (χ2v) is 9.93. The number of rotatable bonds is 15. The van der Waals surface area contributed by atoms with Gasteiger partial charge in [-0.3, -0.25) is 4.79 Å². The standard InChI is InChI=1S/C11H22O2.C9H20O3.C6H12O2.C4H10O/c1-4-6-7-11-12-9(3)8-10(5-2)13-11;1-3-9(2)8-12-7-6-11-5-4-10;1-4-5(2)8-6(3)7;1-3-4(2)5/h9-11H,4-8H2,1-3H3;9-10H,3-8H2,1-2H3;5H,4H2,1-3H3;4-5H,3H2,1-2H3. The van der Waals surface area contributed by atoms with Crippen molar-refractivity contribution in [2.24, 2.45) is 5.92 Å². The molecule has 1 aliphatic heterocycles. The third-order valence-electron chi connectivity index (χ3n) is 5.81. The fraction of sp³-hybridized carbons (Fsp3) is 0.967. The van der Waals surface area contributed by atoms with Crippen LogP contribution in [0, 0.1) is 5.92 Å². The first-order valence-electron chi connectivity index (χ1n) is 14.9. The number of ether oxygens (including phenoxy) is 5. The Morgan fingerprint density at radius 2 is 1.55 bits per heavy atom. The largest absolute Gasteiger partial charge is 0.463 e. The first-order valence-corrected chi connectivity index (χ1v) is 14.9. The van der Waals surface area contributed by atoms with Crippen molar-refractivity contribution in [3.63, 3.8) is 0 Å². The van der Waals surface area contributed by atoms with Gasteiger partial charge in [-0.05, 0) is 65.2 Å². The number of carbonyl (C=O) groups excluding carboxylic acids is 1. The Kier molecular flexibility index (Phi) is 33.8. The molecule has 8 heteroatoms. The third kappa shape index (κ3) is 33.3. The molecule has 0 aromatic carbocycles. The molecule has 1 aliphatic rings. The lowest BCUT2D eigenvalue weighted by Crippen LogP contribution is -2.36. The zero-order valence-electron chi connectivity index (χ0n) is 26.5. The van der Waals surface area contributed by atoms with E-state index in [0.29, 0.717) is 37.9 Å². The van der Waals surface area contributed by atoms with Crippen molar-refractivity contribution in [2.75, 3.05) is 33.0 Å². The summed E-state index contributed by atoms with van der Waals surface area (Å²) in [6.45, 7) is 22.3. The zero-order valence-corrected chi connectivity index (χ0v) is 26.5. The van der Waals surface area contributed by atoms with Crippen molar-refractivity contribution in [2.45, 2.75) is 151 Å². The summed E-state index contributed by atoms with van der Waals surface area (Å²) in [6.07, 6.45) is 9.36. The molecule has 0 aromatic heterocycles. The fourth-order valence-electron chi connectivity index (χ4n) is 2.81. The molecule has 0 aliphatic carbocycles. The molecule has 1 fully saturated rings. The Labute approximate surface area is 235 Å². The van der Waals surface area contributed by atoms with E-state index in [1.165, 1.54) is 19.8 Å². The number of esters is 1. The van der Waals surface area contributed by atoms with Crippen LogP contribution in [-0.4, -0.2) is 79.9 Å². The van der Waals surface area contributed by atoms with Crippen LogP contribution in [0.25, 0.3) is 0 Å². The summed E-state index contributed by atoms with van der Waals surface area (Å²) in [7, 11) is 0. The SMILES string of the molecule is CCC(C)COCCOCCO.CCC(C)O.CCC(C)OC(C)=O.CCCCC1OC(C)CC(CC)O1. The van der Waals surface area contributed by atoms with E-state index in [1.807, 2.05) is 20.8 Å². The van der Waals surface area contributed by atoms with Gasteiger partial charge in [0.15, 0.2) is 6.29 Å². The minimum absolute atomic E-state index is 0.0636. The lowest BCUT2D eigenvalue weighted by Gasteiger charge is -2.33. The number of unbranched alkanes of at least 4 members (excludes halogenated alkanes) is 1. The summed E-state index contributed by atoms with van der Waals surface area (Å²) in [5.41, 5.74) is 0. The van der Waals surface area contributed by atoms with Crippen molar-refractivity contribution in [1.29, 1.82) is 0 Å². The maximum atomic E-state index is 10.2. The second kappa shape index (κ2) is 30.8. The van der Waals surface area contributed by atoms with E-state index in [9.17, 15) is 4.79 Å². The van der Waals surface area contributed by atoms with Crippen LogP contribution in [0.1, 0.15) is 121 Å². The van der Waals surface area contributed by atoms with E-state index in [4.69, 9.17) is 33.9 Å². The molecular formula is C30H64O8. The average molecular weight is 553 g/mol. The van der Waals surface area contributed by atoms with Crippen LogP contribution in [-0.2, 0) is 28.5 Å². The van der Waals surface area contributed by atoms with E-state index in [2.05, 4.69) is 34.6 Å². The molecule has 8 nitrogen and oxygen atoms in total. The van der Waals surface area contributed by atoms with E-state index in [1.54, 1.807) is 6.92 Å². The Hall–Kier alpha value is -0.770. The highest BCUT2D eigenvalue weighted by atomic mass is 16.7. The van der Waals surface area contributed by atoms with Gasteiger partial charge in [0.2, 0.25) is 0 Å². The first-order chi connectivity index (χ1) is 18.0. The molecule has 0 amide bonds. The van der Waals surface area contributed by atoms with Crippen LogP contribution < -0.4 is 0 Å². The molecule has 0 aromatic rings. The molecule has 6 atom stereocenters. The quantitative estimate of drug-likeness (QED) is 0.180. The van der Waals surface area contributed by atoms with Gasteiger partial charge in [-0.2, -0.15) is 0 Å². The summed E-state index contributed by atoms with van der Waals surface area (Å²) in [5, 5.41) is 16.7. The van der Waals surface area contributed by atoms with E-state index in [-0.39, 0.29) is 31.1 Å². The Morgan fingerprint density at radius 3 is 1.97 bits per heavy atom. The molecule has 0 bridgehead atoms. The lowest BCUT2D eigenvalue weighted by molar-refractivity contribution is -0.241. The first kappa shape index (κ1) is 41.7. The second-order valence-electron chi connectivity index (χ2n) is 9.93. The molecule has 0 saturated carbocycles. The lowest BCUT2D eigenvalue weighted by atomic mass is 10.1. The highest BCUT2D eigenvalue weighted by Gasteiger charge is 2.25. The van der Waals surface area contributed by atoms with Gasteiger partial charge in [0.05, 0.1) is 50.8 Å². The van der Waals surface area contributed by atoms with Crippen molar-refractivity contribution < 1.29 is 38.7 Å². The molecule has 1 rings (SSSR count). The van der Waals surface area contributed by atoms with Gasteiger partial charge in [-0.1, -0.05) is 54.4 Å². The monoisotopic (exact) mass is 552 g/mol. The molecule has 38 heavy (non-hydrogen) atoms. The van der Waals surface area contributed by atoms with E-state index in [0.717, 1.165) is 45.1 Å². The van der Waals surface area contributed by atoms with Crippen LogP contribution in [0.2, 0.25) is 0 Å². The summed E-state index contributed by atoms with van der Waals surface area (Å²) < 4.78 is 26.6. The topological polar surface area (TPSA) is 104 Å². The molecule has 0 spiro atoms. The molecule has 2 N–H and O–H groups in total.